The molecule has 1 atom stereocenters. The van der Waals surface area contributed by atoms with E-state index in [-0.39, 0.29) is 5.91 Å². The Kier molecular flexibility index (Phi) is 5.79. The molecule has 1 heterocycles. The van der Waals surface area contributed by atoms with E-state index in [1.807, 2.05) is 31.3 Å². The number of amides is 1. The van der Waals surface area contributed by atoms with Crippen molar-refractivity contribution in [2.75, 3.05) is 13.6 Å². The number of hydrogen-bond donors (Lipinski definition) is 2. The highest BCUT2D eigenvalue weighted by Gasteiger charge is 2.12. The number of quaternary nitrogens is 1. The van der Waals surface area contributed by atoms with Crippen molar-refractivity contribution >= 4 is 28.8 Å². The number of thiophene rings is 1. The van der Waals surface area contributed by atoms with Crippen LogP contribution in [0.15, 0.2) is 35.7 Å². The predicted octanol–water partition coefficient (Wildman–Crippen LogP) is 2.04. The zero-order chi connectivity index (χ0) is 15.2. The normalized spacial score (nSPS) is 12.1. The van der Waals surface area contributed by atoms with Crippen LogP contribution in [0.2, 0.25) is 5.02 Å². The maximum Gasteiger partial charge on any atom is 0.275 e. The number of hydrogen-bond acceptors (Lipinski definition) is 2. The molecule has 0 fully saturated rings. The van der Waals surface area contributed by atoms with Gasteiger partial charge in [-0.1, -0.05) is 23.7 Å². The zero-order valence-corrected chi connectivity index (χ0v) is 13.9. The first-order valence-electron chi connectivity index (χ1n) is 6.90. The Morgan fingerprint density at radius 2 is 2.00 bits per heavy atom. The second-order valence-electron chi connectivity index (χ2n) is 5.24. The van der Waals surface area contributed by atoms with Crippen LogP contribution in [-0.2, 0) is 17.9 Å². The van der Waals surface area contributed by atoms with Crippen LogP contribution in [-0.4, -0.2) is 19.5 Å². The van der Waals surface area contributed by atoms with E-state index in [0.29, 0.717) is 18.1 Å². The fourth-order valence-electron chi connectivity index (χ4n) is 2.06. The Morgan fingerprint density at radius 1 is 1.29 bits per heavy atom. The average Bonchev–Trinajstić information content (AvgIpc) is 2.83. The van der Waals surface area contributed by atoms with Gasteiger partial charge in [0.05, 0.1) is 11.9 Å². The molecule has 2 N–H and O–H groups in total. The summed E-state index contributed by atoms with van der Waals surface area (Å²) in [6.07, 6.45) is 0. The minimum atomic E-state index is 0.0664. The Hall–Kier alpha value is -1.36. The molecule has 112 valence electrons. The number of aryl methyl sites for hydroxylation is 1. The third-order valence-corrected chi connectivity index (χ3v) is 4.57. The van der Waals surface area contributed by atoms with Crippen LogP contribution in [0.4, 0.5) is 0 Å². The lowest BCUT2D eigenvalue weighted by molar-refractivity contribution is -0.885. The highest BCUT2D eigenvalue weighted by molar-refractivity contribution is 7.10. The van der Waals surface area contributed by atoms with Gasteiger partial charge in [-0.25, -0.2) is 0 Å². The van der Waals surface area contributed by atoms with Crippen molar-refractivity contribution < 1.29 is 9.69 Å². The van der Waals surface area contributed by atoms with Crippen LogP contribution in [0.1, 0.15) is 16.0 Å². The van der Waals surface area contributed by atoms with Crippen molar-refractivity contribution in [3.63, 3.8) is 0 Å². The molecule has 0 radical (unpaired) electrons. The average molecular weight is 324 g/mol. The van der Waals surface area contributed by atoms with Gasteiger partial charge in [-0.3, -0.25) is 4.79 Å². The molecule has 2 rings (SSSR count). The summed E-state index contributed by atoms with van der Waals surface area (Å²) in [6, 6.07) is 9.64. The molecule has 0 saturated heterocycles. The van der Waals surface area contributed by atoms with E-state index >= 15 is 0 Å². The van der Waals surface area contributed by atoms with Gasteiger partial charge >= 0.3 is 0 Å². The molecule has 0 aliphatic heterocycles. The second kappa shape index (κ2) is 7.59. The van der Waals surface area contributed by atoms with E-state index in [1.165, 1.54) is 15.3 Å². The third kappa shape index (κ3) is 5.16. The second-order valence-corrected chi connectivity index (χ2v) is 6.68. The van der Waals surface area contributed by atoms with Gasteiger partial charge in [0, 0.05) is 11.6 Å². The van der Waals surface area contributed by atoms with Crippen molar-refractivity contribution in [3.8, 4) is 0 Å². The van der Waals surface area contributed by atoms with Crippen LogP contribution in [0.3, 0.4) is 0 Å². The minimum absolute atomic E-state index is 0.0664. The monoisotopic (exact) mass is 323 g/mol. The largest absolute Gasteiger partial charge is 0.347 e. The lowest BCUT2D eigenvalue weighted by atomic mass is 10.2. The Labute approximate surface area is 134 Å². The van der Waals surface area contributed by atoms with Crippen LogP contribution < -0.4 is 10.2 Å². The molecule has 0 aliphatic rings. The number of carbonyl (C=O) groups excluding carboxylic acids is 1. The van der Waals surface area contributed by atoms with Gasteiger partial charge in [-0.2, -0.15) is 0 Å². The fraction of sp³-hybridized carbons (Fsp3) is 0.312. The number of halogens is 1. The van der Waals surface area contributed by atoms with E-state index in [2.05, 4.69) is 23.7 Å². The number of nitrogens with one attached hydrogen (secondary N) is 2. The summed E-state index contributed by atoms with van der Waals surface area (Å²) in [5.74, 6) is 0.0664. The fourth-order valence-corrected chi connectivity index (χ4v) is 3.21. The highest BCUT2D eigenvalue weighted by Crippen LogP contribution is 2.13. The first-order chi connectivity index (χ1) is 10.0. The summed E-state index contributed by atoms with van der Waals surface area (Å²) in [7, 11) is 2.04. The van der Waals surface area contributed by atoms with Gasteiger partial charge in [0.2, 0.25) is 0 Å². The molecule has 1 aromatic carbocycles. The predicted molar refractivity (Wildman–Crippen MR) is 87.8 cm³/mol. The summed E-state index contributed by atoms with van der Waals surface area (Å²) in [4.78, 5) is 14.5. The highest BCUT2D eigenvalue weighted by atomic mass is 35.5. The Balaban J connectivity index is 1.76. The summed E-state index contributed by atoms with van der Waals surface area (Å²) >= 11 is 7.59. The van der Waals surface area contributed by atoms with Gasteiger partial charge in [0.1, 0.15) is 6.54 Å². The number of rotatable bonds is 6. The smallest absolute Gasteiger partial charge is 0.275 e. The quantitative estimate of drug-likeness (QED) is 0.838. The number of likely N-dealkylation sites (N-methyl/N-ethyl adjacent to an activating group) is 1. The molecule has 1 aromatic heterocycles. The van der Waals surface area contributed by atoms with Crippen LogP contribution >= 0.6 is 22.9 Å². The van der Waals surface area contributed by atoms with Crippen molar-refractivity contribution in [2.45, 2.75) is 20.0 Å². The number of carbonyl (C=O) groups is 1. The SMILES string of the molecule is Cc1ccsc1C[NH+](C)CC(=O)NCc1ccc(Cl)cc1. The molecular weight excluding hydrogens is 304 g/mol. The summed E-state index contributed by atoms with van der Waals surface area (Å²) in [6.45, 7) is 4.02. The van der Waals surface area contributed by atoms with Gasteiger partial charge in [0.25, 0.3) is 5.91 Å². The van der Waals surface area contributed by atoms with Gasteiger partial charge < -0.3 is 10.2 Å². The van der Waals surface area contributed by atoms with Crippen molar-refractivity contribution in [1.29, 1.82) is 0 Å². The van der Waals surface area contributed by atoms with E-state index in [0.717, 1.165) is 12.1 Å². The van der Waals surface area contributed by atoms with Crippen LogP contribution in [0.5, 0.6) is 0 Å². The molecule has 0 bridgehead atoms. The molecule has 2 aromatic rings. The minimum Gasteiger partial charge on any atom is -0.347 e. The van der Waals surface area contributed by atoms with E-state index < -0.39 is 0 Å². The first-order valence-corrected chi connectivity index (χ1v) is 8.16. The molecule has 1 unspecified atom stereocenters. The molecule has 0 aliphatic carbocycles. The third-order valence-electron chi connectivity index (χ3n) is 3.30. The number of benzene rings is 1. The standard InChI is InChI=1S/C16H19ClN2OS/c1-12-7-8-21-15(12)10-19(2)11-16(20)18-9-13-3-5-14(17)6-4-13/h3-8H,9-11H2,1-2H3,(H,18,20)/p+1. The molecule has 0 saturated carbocycles. The van der Waals surface area contributed by atoms with Crippen molar-refractivity contribution in [1.82, 2.24) is 5.32 Å². The maximum atomic E-state index is 12.0. The van der Waals surface area contributed by atoms with E-state index in [4.69, 9.17) is 11.6 Å². The van der Waals surface area contributed by atoms with Crippen LogP contribution in [0, 0.1) is 6.92 Å². The lowest BCUT2D eigenvalue weighted by Gasteiger charge is -2.13. The topological polar surface area (TPSA) is 33.5 Å². The van der Waals surface area contributed by atoms with Gasteiger partial charge in [-0.15, -0.1) is 11.3 Å². The maximum absolute atomic E-state index is 12.0. The first kappa shape index (κ1) is 16.0. The van der Waals surface area contributed by atoms with E-state index in [1.54, 1.807) is 11.3 Å². The molecule has 5 heteroatoms. The lowest BCUT2D eigenvalue weighted by Crippen LogP contribution is -3.08. The molecular formula is C16H20ClN2OS+. The summed E-state index contributed by atoms with van der Waals surface area (Å²) in [5.41, 5.74) is 2.36. The summed E-state index contributed by atoms with van der Waals surface area (Å²) in [5, 5.41) is 5.75. The Bertz CT molecular complexity index is 595. The van der Waals surface area contributed by atoms with Gasteiger partial charge in [-0.05, 0) is 41.6 Å². The molecule has 1 amide bonds. The Morgan fingerprint density at radius 3 is 2.62 bits per heavy atom. The van der Waals surface area contributed by atoms with Crippen molar-refractivity contribution in [3.05, 3.63) is 56.7 Å². The van der Waals surface area contributed by atoms with Crippen molar-refractivity contribution in [2.24, 2.45) is 0 Å². The molecule has 3 nitrogen and oxygen atoms in total. The molecule has 21 heavy (non-hydrogen) atoms. The molecule has 0 spiro atoms. The van der Waals surface area contributed by atoms with E-state index in [9.17, 15) is 4.79 Å². The van der Waals surface area contributed by atoms with Gasteiger partial charge in [0.15, 0.2) is 6.54 Å². The zero-order valence-electron chi connectivity index (χ0n) is 12.3. The summed E-state index contributed by atoms with van der Waals surface area (Å²) < 4.78 is 0. The van der Waals surface area contributed by atoms with Crippen LogP contribution in [0.25, 0.3) is 0 Å².